The van der Waals surface area contributed by atoms with Crippen molar-refractivity contribution >= 4 is 61.1 Å². The maximum atomic E-state index is 13.3. The van der Waals surface area contributed by atoms with Crippen molar-refractivity contribution in [1.82, 2.24) is 9.88 Å². The number of aromatic nitrogens is 1. The number of benzene rings is 2. The van der Waals surface area contributed by atoms with Gasteiger partial charge in [-0.15, -0.1) is 11.3 Å². The second-order valence-corrected chi connectivity index (χ2v) is 12.5. The van der Waals surface area contributed by atoms with Crippen LogP contribution in [-0.2, 0) is 14.3 Å². The van der Waals surface area contributed by atoms with Crippen molar-refractivity contribution < 1.29 is 14.3 Å². The highest BCUT2D eigenvalue weighted by molar-refractivity contribution is 8.77. The van der Waals surface area contributed by atoms with E-state index in [9.17, 15) is 9.59 Å². The van der Waals surface area contributed by atoms with Crippen LogP contribution in [-0.4, -0.2) is 38.8 Å². The molecule has 0 radical (unpaired) electrons. The minimum Gasteiger partial charge on any atom is -0.458 e. The van der Waals surface area contributed by atoms with Gasteiger partial charge >= 0.3 is 5.97 Å². The number of fused-ring (bicyclic) bond motifs is 1. The lowest BCUT2D eigenvalue weighted by molar-refractivity contribution is -0.164. The molecule has 1 fully saturated rings. The predicted octanol–water partition coefficient (Wildman–Crippen LogP) is 6.57. The van der Waals surface area contributed by atoms with Crippen LogP contribution in [0, 0.1) is 0 Å². The summed E-state index contributed by atoms with van der Waals surface area (Å²) < 4.78 is 7.64. The van der Waals surface area contributed by atoms with Crippen LogP contribution in [0.15, 0.2) is 76.7 Å². The minimum atomic E-state index is -0.854. The minimum absolute atomic E-state index is 0.190. The molecule has 2 heterocycles. The molecule has 1 saturated heterocycles. The first-order valence-electron chi connectivity index (χ1n) is 10.8. The second kappa shape index (κ2) is 9.98. The van der Waals surface area contributed by atoms with Crippen LogP contribution in [0.3, 0.4) is 0 Å². The number of hydrogen-bond acceptors (Lipinski definition) is 7. The molecule has 2 atom stereocenters. The Hall–Kier alpha value is -2.55. The fraction of sp³-hybridized carbons (Fsp3) is 0.269. The van der Waals surface area contributed by atoms with Crippen LogP contribution in [0.4, 0.5) is 0 Å². The fourth-order valence-corrected chi connectivity index (χ4v) is 7.42. The molecule has 0 unspecified atom stereocenters. The molecule has 0 aliphatic carbocycles. The van der Waals surface area contributed by atoms with E-state index in [4.69, 9.17) is 4.74 Å². The van der Waals surface area contributed by atoms with Gasteiger partial charge in [0.25, 0.3) is 5.91 Å². The number of likely N-dealkylation sites (tertiary alicyclic amines) is 1. The van der Waals surface area contributed by atoms with Crippen molar-refractivity contribution in [3.63, 3.8) is 0 Å². The van der Waals surface area contributed by atoms with Crippen molar-refractivity contribution in [1.29, 1.82) is 0 Å². The molecule has 4 rings (SSSR count). The lowest BCUT2D eigenvalue weighted by Gasteiger charge is -2.46. The molecule has 2 aromatic carbocycles. The van der Waals surface area contributed by atoms with Crippen LogP contribution in [0.5, 0.6) is 0 Å². The van der Waals surface area contributed by atoms with Gasteiger partial charge in [-0.2, -0.15) is 0 Å². The van der Waals surface area contributed by atoms with Gasteiger partial charge in [0.05, 0.1) is 15.8 Å². The summed E-state index contributed by atoms with van der Waals surface area (Å²) >= 11 is 1.61. The van der Waals surface area contributed by atoms with E-state index in [1.165, 1.54) is 21.6 Å². The Morgan fingerprint density at radius 3 is 2.50 bits per heavy atom. The Balaban J connectivity index is 1.63. The number of carbonyl (C=O) groups is 2. The van der Waals surface area contributed by atoms with Crippen molar-refractivity contribution in [2.45, 2.75) is 49.1 Å². The number of ether oxygens (including phenoxy) is 1. The molecular weight excluding hydrogens is 484 g/mol. The van der Waals surface area contributed by atoms with E-state index in [0.717, 1.165) is 20.1 Å². The first kappa shape index (κ1) is 24.6. The Morgan fingerprint density at radius 2 is 1.85 bits per heavy atom. The molecular formula is C26H26N2O3S3. The van der Waals surface area contributed by atoms with E-state index in [-0.39, 0.29) is 11.3 Å². The zero-order valence-electron chi connectivity index (χ0n) is 19.5. The standard InChI is InChI=1S/C26H26N2O3S3/c1-16(2)21(24(30)31-26(3,4)5)28-22(29)18(15-17-11-7-6-8-12-17)23(28)33-34-25-27-19-13-9-10-14-20(19)32-25/h6-15,21,23H,1H2,2-5H3/b18-15+/t21-,23-/m1/s1. The third kappa shape index (κ3) is 5.40. The maximum Gasteiger partial charge on any atom is 0.333 e. The van der Waals surface area contributed by atoms with E-state index in [1.807, 2.05) is 81.4 Å². The number of rotatable bonds is 7. The number of amides is 1. The number of nitrogens with zero attached hydrogens (tertiary/aromatic N) is 2. The van der Waals surface area contributed by atoms with Crippen LogP contribution in [0.25, 0.3) is 16.3 Å². The van der Waals surface area contributed by atoms with Crippen molar-refractivity contribution in [3.05, 3.63) is 77.9 Å². The van der Waals surface area contributed by atoms with E-state index >= 15 is 0 Å². The van der Waals surface area contributed by atoms with Crippen molar-refractivity contribution in [3.8, 4) is 0 Å². The summed E-state index contributed by atoms with van der Waals surface area (Å²) in [4.78, 5) is 32.6. The van der Waals surface area contributed by atoms with Gasteiger partial charge in [0, 0.05) is 0 Å². The number of esters is 1. The van der Waals surface area contributed by atoms with Gasteiger partial charge in [-0.3, -0.25) is 4.79 Å². The number of thiazole rings is 1. The van der Waals surface area contributed by atoms with Gasteiger partial charge in [-0.25, -0.2) is 9.78 Å². The van der Waals surface area contributed by atoms with Gasteiger partial charge in [-0.05, 0) is 67.8 Å². The number of hydrogen-bond donors (Lipinski definition) is 0. The highest BCUT2D eigenvalue weighted by Gasteiger charge is 2.50. The maximum absolute atomic E-state index is 13.3. The lowest BCUT2D eigenvalue weighted by atomic mass is 9.97. The summed E-state index contributed by atoms with van der Waals surface area (Å²) in [5, 5.41) is -0.348. The molecule has 1 amide bonds. The van der Waals surface area contributed by atoms with Crippen LogP contribution in [0.1, 0.15) is 33.3 Å². The van der Waals surface area contributed by atoms with E-state index in [2.05, 4.69) is 11.6 Å². The summed E-state index contributed by atoms with van der Waals surface area (Å²) in [5.41, 5.74) is 2.42. The largest absolute Gasteiger partial charge is 0.458 e. The predicted molar refractivity (Wildman–Crippen MR) is 143 cm³/mol. The van der Waals surface area contributed by atoms with Crippen molar-refractivity contribution in [2.75, 3.05) is 0 Å². The zero-order chi connectivity index (χ0) is 24.5. The normalized spacial score (nSPS) is 18.1. The summed E-state index contributed by atoms with van der Waals surface area (Å²) in [6.07, 6.45) is 1.89. The summed E-state index contributed by atoms with van der Waals surface area (Å²) in [6, 6.07) is 16.8. The zero-order valence-corrected chi connectivity index (χ0v) is 21.9. The topological polar surface area (TPSA) is 59.5 Å². The second-order valence-electron chi connectivity index (χ2n) is 8.98. The van der Waals surface area contributed by atoms with E-state index in [0.29, 0.717) is 11.1 Å². The highest BCUT2D eigenvalue weighted by atomic mass is 33.1. The monoisotopic (exact) mass is 510 g/mol. The molecule has 1 aromatic heterocycles. The van der Waals surface area contributed by atoms with Crippen LogP contribution >= 0.6 is 32.9 Å². The quantitative estimate of drug-likeness (QED) is 0.118. The Morgan fingerprint density at radius 1 is 1.18 bits per heavy atom. The van der Waals surface area contributed by atoms with Gasteiger partial charge in [0.15, 0.2) is 10.4 Å². The molecule has 0 saturated carbocycles. The highest BCUT2D eigenvalue weighted by Crippen LogP contribution is 2.48. The smallest absolute Gasteiger partial charge is 0.333 e. The average Bonchev–Trinajstić information content (AvgIpc) is 3.19. The summed E-state index contributed by atoms with van der Waals surface area (Å²) in [6.45, 7) is 11.2. The fourth-order valence-electron chi connectivity index (χ4n) is 3.54. The Bertz CT molecular complexity index is 1230. The molecule has 5 nitrogen and oxygen atoms in total. The first-order valence-corrected chi connectivity index (χ1v) is 13.8. The summed E-state index contributed by atoms with van der Waals surface area (Å²) in [7, 11) is 3.02. The molecule has 0 spiro atoms. The number of β-lactam (4-membered cyclic amide) rings is 1. The SMILES string of the molecule is C=C(C)[C@H](C(=O)OC(C)(C)C)N1C(=O)/C(=C\c2ccccc2)[C@H]1SSc1nc2ccccc2s1. The van der Waals surface area contributed by atoms with E-state index in [1.54, 1.807) is 23.2 Å². The molecule has 3 aromatic rings. The average molecular weight is 511 g/mol. The third-order valence-corrected chi connectivity index (χ3v) is 8.93. The van der Waals surface area contributed by atoms with Crippen molar-refractivity contribution in [2.24, 2.45) is 0 Å². The molecule has 176 valence electrons. The number of carbonyl (C=O) groups excluding carboxylic acids is 2. The van der Waals surface area contributed by atoms with Crippen LogP contribution < -0.4 is 0 Å². The summed E-state index contributed by atoms with van der Waals surface area (Å²) in [5.74, 6) is -0.659. The molecule has 0 N–H and O–H groups in total. The van der Waals surface area contributed by atoms with Gasteiger partial charge in [0.1, 0.15) is 11.0 Å². The number of para-hydroxylation sites is 1. The van der Waals surface area contributed by atoms with Gasteiger partial charge in [-0.1, -0.05) is 59.8 Å². The van der Waals surface area contributed by atoms with Crippen LogP contribution in [0.2, 0.25) is 0 Å². The molecule has 1 aliphatic heterocycles. The molecule has 1 aliphatic rings. The Labute approximate surface area is 211 Å². The lowest BCUT2D eigenvalue weighted by Crippen LogP contribution is -2.61. The third-order valence-electron chi connectivity index (χ3n) is 4.98. The molecule has 8 heteroatoms. The first-order chi connectivity index (χ1) is 16.1. The van der Waals surface area contributed by atoms with E-state index < -0.39 is 17.6 Å². The molecule has 34 heavy (non-hydrogen) atoms. The Kier molecular flexibility index (Phi) is 7.21. The van der Waals surface area contributed by atoms with Gasteiger partial charge in [0.2, 0.25) is 0 Å². The molecule has 0 bridgehead atoms. The van der Waals surface area contributed by atoms with Gasteiger partial charge < -0.3 is 9.64 Å².